The number of aromatic nitrogens is 1. The van der Waals surface area contributed by atoms with Gasteiger partial charge in [-0.3, -0.25) is 4.79 Å². The highest BCUT2D eigenvalue weighted by Gasteiger charge is 2.34. The van der Waals surface area contributed by atoms with Crippen molar-refractivity contribution < 1.29 is 9.90 Å². The Morgan fingerprint density at radius 1 is 1.77 bits per heavy atom. The summed E-state index contributed by atoms with van der Waals surface area (Å²) < 4.78 is 0. The molecule has 0 spiro atoms. The van der Waals surface area contributed by atoms with Gasteiger partial charge in [0.2, 0.25) is 0 Å². The van der Waals surface area contributed by atoms with Crippen LogP contribution in [0.25, 0.3) is 0 Å². The second-order valence-corrected chi connectivity index (χ2v) is 3.80. The van der Waals surface area contributed by atoms with Crippen LogP contribution in [0.5, 0.6) is 0 Å². The Bertz CT molecular complexity index is 299. The minimum Gasteiger partial charge on any atom is -0.480 e. The van der Waals surface area contributed by atoms with E-state index >= 15 is 0 Å². The minimum atomic E-state index is -0.782. The van der Waals surface area contributed by atoms with Gasteiger partial charge in [0, 0.05) is 11.3 Å². The Morgan fingerprint density at radius 3 is 3.23 bits per heavy atom. The summed E-state index contributed by atoms with van der Waals surface area (Å²) >= 11 is 1.51. The van der Waals surface area contributed by atoms with Crippen molar-refractivity contribution in [2.45, 2.75) is 18.4 Å². The van der Waals surface area contributed by atoms with Gasteiger partial charge in [0.1, 0.15) is 6.04 Å². The standard InChI is InChI=1S/C8H10N2O2S/c11-8(12)7-5(1-2-9-7)6-3-13-4-10-6/h3-5,7,9H,1-2H2,(H,11,12). The minimum absolute atomic E-state index is 0.0451. The maximum Gasteiger partial charge on any atom is 0.321 e. The molecule has 2 N–H and O–H groups in total. The van der Waals surface area contributed by atoms with Gasteiger partial charge in [-0.05, 0) is 13.0 Å². The molecule has 1 aliphatic heterocycles. The Kier molecular flexibility index (Phi) is 2.28. The number of hydrogen-bond acceptors (Lipinski definition) is 4. The van der Waals surface area contributed by atoms with Gasteiger partial charge < -0.3 is 10.4 Å². The summed E-state index contributed by atoms with van der Waals surface area (Å²) in [4.78, 5) is 15.0. The van der Waals surface area contributed by atoms with E-state index in [1.54, 1.807) is 5.51 Å². The molecule has 2 rings (SSSR count). The summed E-state index contributed by atoms with van der Waals surface area (Å²) in [5, 5.41) is 13.8. The number of carboxylic acids is 1. The predicted octanol–water partition coefficient (Wildman–Crippen LogP) is 0.673. The maximum atomic E-state index is 10.8. The number of carbonyl (C=O) groups is 1. The van der Waals surface area contributed by atoms with Crippen LogP contribution in [0.1, 0.15) is 18.0 Å². The largest absolute Gasteiger partial charge is 0.480 e. The molecular weight excluding hydrogens is 188 g/mol. The number of thiazole rings is 1. The molecular formula is C8H10N2O2S. The zero-order chi connectivity index (χ0) is 9.26. The third kappa shape index (κ3) is 1.57. The van der Waals surface area contributed by atoms with Gasteiger partial charge in [-0.1, -0.05) is 0 Å². The van der Waals surface area contributed by atoms with Crippen molar-refractivity contribution in [1.29, 1.82) is 0 Å². The molecule has 1 aromatic heterocycles. The predicted molar refractivity (Wildman–Crippen MR) is 48.9 cm³/mol. The van der Waals surface area contributed by atoms with Gasteiger partial charge in [0.25, 0.3) is 0 Å². The van der Waals surface area contributed by atoms with Crippen LogP contribution >= 0.6 is 11.3 Å². The highest BCUT2D eigenvalue weighted by Crippen LogP contribution is 2.27. The molecule has 2 heterocycles. The average Bonchev–Trinajstić information content (AvgIpc) is 2.74. The maximum absolute atomic E-state index is 10.8. The first-order valence-corrected chi connectivity index (χ1v) is 5.07. The molecule has 13 heavy (non-hydrogen) atoms. The van der Waals surface area contributed by atoms with E-state index in [9.17, 15) is 4.79 Å². The van der Waals surface area contributed by atoms with E-state index in [2.05, 4.69) is 10.3 Å². The first kappa shape index (κ1) is 8.65. The van der Waals surface area contributed by atoms with Crippen molar-refractivity contribution in [3.8, 4) is 0 Å². The van der Waals surface area contributed by atoms with Crippen LogP contribution in [0.15, 0.2) is 10.9 Å². The molecule has 1 fully saturated rings. The molecule has 1 saturated heterocycles. The second-order valence-electron chi connectivity index (χ2n) is 3.08. The highest BCUT2D eigenvalue weighted by atomic mass is 32.1. The van der Waals surface area contributed by atoms with Crippen LogP contribution in [-0.4, -0.2) is 28.6 Å². The van der Waals surface area contributed by atoms with E-state index in [4.69, 9.17) is 5.11 Å². The van der Waals surface area contributed by atoms with Crippen molar-refractivity contribution in [3.05, 3.63) is 16.6 Å². The Hall–Kier alpha value is -0.940. The number of nitrogens with zero attached hydrogens (tertiary/aromatic N) is 1. The van der Waals surface area contributed by atoms with Gasteiger partial charge >= 0.3 is 5.97 Å². The lowest BCUT2D eigenvalue weighted by molar-refractivity contribution is -0.139. The topological polar surface area (TPSA) is 62.2 Å². The fourth-order valence-corrected chi connectivity index (χ4v) is 2.30. The molecule has 4 nitrogen and oxygen atoms in total. The number of hydrogen-bond donors (Lipinski definition) is 2. The smallest absolute Gasteiger partial charge is 0.321 e. The monoisotopic (exact) mass is 198 g/mol. The van der Waals surface area contributed by atoms with E-state index < -0.39 is 12.0 Å². The van der Waals surface area contributed by atoms with Gasteiger partial charge in [-0.2, -0.15) is 0 Å². The number of rotatable bonds is 2. The lowest BCUT2D eigenvalue weighted by atomic mass is 9.98. The van der Waals surface area contributed by atoms with E-state index in [1.165, 1.54) is 11.3 Å². The van der Waals surface area contributed by atoms with E-state index in [1.807, 2.05) is 5.38 Å². The van der Waals surface area contributed by atoms with Crippen LogP contribution in [0.4, 0.5) is 0 Å². The summed E-state index contributed by atoms with van der Waals surface area (Å²) in [5.41, 5.74) is 2.65. The molecule has 1 aromatic rings. The first-order chi connectivity index (χ1) is 6.29. The zero-order valence-electron chi connectivity index (χ0n) is 6.93. The summed E-state index contributed by atoms with van der Waals surface area (Å²) in [5.74, 6) is -0.737. The number of carboxylic acid groups (broad SMARTS) is 1. The molecule has 1 aliphatic rings. The lowest BCUT2D eigenvalue weighted by Crippen LogP contribution is -2.34. The van der Waals surface area contributed by atoms with E-state index in [0.29, 0.717) is 0 Å². The van der Waals surface area contributed by atoms with Crippen molar-refractivity contribution in [1.82, 2.24) is 10.3 Å². The zero-order valence-corrected chi connectivity index (χ0v) is 7.75. The summed E-state index contributed by atoms with van der Waals surface area (Å²) in [7, 11) is 0. The number of aliphatic carboxylic acids is 1. The van der Waals surface area contributed by atoms with Crippen LogP contribution in [-0.2, 0) is 4.79 Å². The molecule has 5 heteroatoms. The fourth-order valence-electron chi connectivity index (χ4n) is 1.69. The first-order valence-electron chi connectivity index (χ1n) is 4.13. The molecule has 0 aromatic carbocycles. The molecule has 70 valence electrons. The van der Waals surface area contributed by atoms with Crippen LogP contribution in [0.2, 0.25) is 0 Å². The van der Waals surface area contributed by atoms with Gasteiger partial charge in [-0.25, -0.2) is 4.98 Å². The SMILES string of the molecule is O=C(O)C1NCCC1c1cscn1. The molecule has 0 bridgehead atoms. The van der Waals surface area contributed by atoms with Crippen molar-refractivity contribution in [2.24, 2.45) is 0 Å². The number of nitrogens with one attached hydrogen (secondary N) is 1. The van der Waals surface area contributed by atoms with Gasteiger partial charge in [0.05, 0.1) is 11.2 Å². The molecule has 2 unspecified atom stereocenters. The Labute approximate surface area is 79.6 Å². The second kappa shape index (κ2) is 3.43. The Morgan fingerprint density at radius 2 is 2.62 bits per heavy atom. The normalized spacial score (nSPS) is 27.7. The highest BCUT2D eigenvalue weighted by molar-refractivity contribution is 7.07. The third-order valence-electron chi connectivity index (χ3n) is 2.32. The molecule has 0 amide bonds. The average molecular weight is 198 g/mol. The lowest BCUT2D eigenvalue weighted by Gasteiger charge is -2.12. The van der Waals surface area contributed by atoms with Crippen molar-refractivity contribution in [2.75, 3.05) is 6.54 Å². The fraction of sp³-hybridized carbons (Fsp3) is 0.500. The van der Waals surface area contributed by atoms with Crippen LogP contribution in [0.3, 0.4) is 0 Å². The summed E-state index contributed by atoms with van der Waals surface area (Å²) in [6, 6.07) is -0.456. The van der Waals surface area contributed by atoms with Crippen molar-refractivity contribution in [3.63, 3.8) is 0 Å². The third-order valence-corrected chi connectivity index (χ3v) is 2.92. The summed E-state index contributed by atoms with van der Waals surface area (Å²) in [6.45, 7) is 0.763. The van der Waals surface area contributed by atoms with Crippen molar-refractivity contribution >= 4 is 17.3 Å². The van der Waals surface area contributed by atoms with E-state index in [-0.39, 0.29) is 5.92 Å². The molecule has 2 atom stereocenters. The molecule has 0 radical (unpaired) electrons. The summed E-state index contributed by atoms with van der Waals surface area (Å²) in [6.07, 6.45) is 0.862. The molecule has 0 aliphatic carbocycles. The quantitative estimate of drug-likeness (QED) is 0.733. The van der Waals surface area contributed by atoms with Crippen LogP contribution < -0.4 is 5.32 Å². The van der Waals surface area contributed by atoms with Gasteiger partial charge in [-0.15, -0.1) is 11.3 Å². The van der Waals surface area contributed by atoms with E-state index in [0.717, 1.165) is 18.7 Å². The van der Waals surface area contributed by atoms with Crippen LogP contribution in [0, 0.1) is 0 Å². The molecule has 0 saturated carbocycles. The van der Waals surface area contributed by atoms with Gasteiger partial charge in [0.15, 0.2) is 0 Å². The Balaban J connectivity index is 2.19.